The lowest BCUT2D eigenvalue weighted by Crippen LogP contribution is -2.35. The maximum Gasteiger partial charge on any atom is 0.0960 e. The van der Waals surface area contributed by atoms with Crippen molar-refractivity contribution in [2.75, 3.05) is 6.67 Å². The van der Waals surface area contributed by atoms with Crippen LogP contribution in [-0.2, 0) is 0 Å². The quantitative estimate of drug-likeness (QED) is 0.646. The molecule has 0 saturated heterocycles. The van der Waals surface area contributed by atoms with E-state index in [1.54, 1.807) is 0 Å². The molecule has 0 aromatic carbocycles. The molecule has 0 aliphatic carbocycles. The van der Waals surface area contributed by atoms with Crippen LogP contribution in [0.1, 0.15) is 20.8 Å². The summed E-state index contributed by atoms with van der Waals surface area (Å²) in [4.78, 5) is 0. The zero-order chi connectivity index (χ0) is 6.78. The van der Waals surface area contributed by atoms with Gasteiger partial charge >= 0.3 is 0 Å². The van der Waals surface area contributed by atoms with Gasteiger partial charge in [0.1, 0.15) is 0 Å². The van der Waals surface area contributed by atoms with Gasteiger partial charge in [0, 0.05) is 11.5 Å². The van der Waals surface area contributed by atoms with Gasteiger partial charge in [0.05, 0.1) is 6.67 Å². The summed E-state index contributed by atoms with van der Waals surface area (Å²) in [6, 6.07) is -0.0625. The van der Waals surface area contributed by atoms with Crippen LogP contribution < -0.4 is 5.73 Å². The Labute approximate surface area is 62.2 Å². The van der Waals surface area contributed by atoms with Gasteiger partial charge in [-0.2, -0.15) is 0 Å². The molecular weight excluding hydrogens is 141 g/mol. The predicted molar refractivity (Wildman–Crippen MR) is 40.7 cm³/mol. The molecule has 58 valence electrons. The third kappa shape index (κ3) is 3.71. The minimum Gasteiger partial charge on any atom is -0.327 e. The summed E-state index contributed by atoms with van der Waals surface area (Å²) in [7, 11) is 0. The summed E-state index contributed by atoms with van der Waals surface area (Å²) >= 11 is 0. The van der Waals surface area contributed by atoms with Crippen LogP contribution in [0.25, 0.3) is 0 Å². The van der Waals surface area contributed by atoms with E-state index in [0.717, 1.165) is 0 Å². The van der Waals surface area contributed by atoms with Gasteiger partial charge < -0.3 is 5.73 Å². The molecule has 0 radical (unpaired) electrons. The van der Waals surface area contributed by atoms with E-state index >= 15 is 0 Å². The average molecular weight is 156 g/mol. The van der Waals surface area contributed by atoms with Crippen LogP contribution in [-0.4, -0.2) is 12.7 Å². The van der Waals surface area contributed by atoms with Crippen LogP contribution in [0.3, 0.4) is 0 Å². The lowest BCUT2D eigenvalue weighted by Gasteiger charge is -2.24. The Morgan fingerprint density at radius 3 is 1.89 bits per heavy atom. The number of nitrogens with two attached hydrogens (primary N) is 1. The lowest BCUT2D eigenvalue weighted by molar-refractivity contribution is 0.219. The van der Waals surface area contributed by atoms with E-state index in [1.165, 1.54) is 0 Å². The zero-order valence-electron chi connectivity index (χ0n) is 6.15. The Balaban J connectivity index is 0. The van der Waals surface area contributed by atoms with E-state index in [1.807, 2.05) is 20.8 Å². The number of rotatable bonds is 2. The fraction of sp³-hybridized carbons (Fsp3) is 1.00. The molecule has 1 atom stereocenters. The van der Waals surface area contributed by atoms with Gasteiger partial charge in [0.25, 0.3) is 0 Å². The smallest absolute Gasteiger partial charge is 0.0960 e. The van der Waals surface area contributed by atoms with Gasteiger partial charge in [-0.15, -0.1) is 12.4 Å². The van der Waals surface area contributed by atoms with Crippen molar-refractivity contribution in [2.45, 2.75) is 26.8 Å². The molecule has 0 saturated carbocycles. The van der Waals surface area contributed by atoms with Crippen molar-refractivity contribution in [3.05, 3.63) is 0 Å². The second-order valence-corrected chi connectivity index (χ2v) is 2.91. The van der Waals surface area contributed by atoms with Crippen LogP contribution in [0.5, 0.6) is 0 Å². The molecule has 1 nitrogen and oxygen atoms in total. The van der Waals surface area contributed by atoms with Crippen molar-refractivity contribution in [1.29, 1.82) is 0 Å². The van der Waals surface area contributed by atoms with E-state index in [4.69, 9.17) is 5.73 Å². The summed E-state index contributed by atoms with van der Waals surface area (Å²) in [6.07, 6.45) is 0. The fourth-order valence-corrected chi connectivity index (χ4v) is 0.122. The monoisotopic (exact) mass is 155 g/mol. The molecule has 0 amide bonds. The normalized spacial score (nSPS) is 14.3. The molecule has 0 heterocycles. The number of halogens is 2. The number of alkyl halides is 1. The van der Waals surface area contributed by atoms with E-state index in [0.29, 0.717) is 0 Å². The first-order valence-corrected chi connectivity index (χ1v) is 2.82. The van der Waals surface area contributed by atoms with Crippen molar-refractivity contribution in [3.8, 4) is 0 Å². The number of hydrogen-bond donors (Lipinski definition) is 1. The molecule has 9 heavy (non-hydrogen) atoms. The topological polar surface area (TPSA) is 26.0 Å². The highest BCUT2D eigenvalue weighted by atomic mass is 35.5. The Morgan fingerprint density at radius 1 is 1.56 bits per heavy atom. The van der Waals surface area contributed by atoms with Crippen molar-refractivity contribution < 1.29 is 4.39 Å². The van der Waals surface area contributed by atoms with E-state index in [2.05, 4.69) is 0 Å². The highest BCUT2D eigenvalue weighted by Crippen LogP contribution is 2.18. The van der Waals surface area contributed by atoms with E-state index in [9.17, 15) is 4.39 Å². The molecule has 0 rings (SSSR count). The van der Waals surface area contributed by atoms with Crippen LogP contribution in [0.4, 0.5) is 4.39 Å². The third-order valence-electron chi connectivity index (χ3n) is 1.58. The molecule has 0 spiro atoms. The Kier molecular flexibility index (Phi) is 5.39. The predicted octanol–water partition coefficient (Wildman–Crippen LogP) is 1.75. The molecule has 0 bridgehead atoms. The van der Waals surface area contributed by atoms with E-state index in [-0.39, 0.29) is 30.5 Å². The first kappa shape index (κ1) is 11.9. The third-order valence-corrected chi connectivity index (χ3v) is 1.58. The second kappa shape index (κ2) is 4.07. The van der Waals surface area contributed by atoms with Crippen molar-refractivity contribution in [3.63, 3.8) is 0 Å². The maximum atomic E-state index is 11.9. The molecular formula is C6H15ClFN. The van der Waals surface area contributed by atoms with Crippen molar-refractivity contribution in [2.24, 2.45) is 11.1 Å². The first-order chi connectivity index (χ1) is 3.50. The largest absolute Gasteiger partial charge is 0.327 e. The van der Waals surface area contributed by atoms with Gasteiger partial charge in [-0.05, 0) is 6.92 Å². The molecule has 0 aromatic rings. The summed E-state index contributed by atoms with van der Waals surface area (Å²) in [5.74, 6) is 0. The van der Waals surface area contributed by atoms with Crippen LogP contribution in [0.15, 0.2) is 0 Å². The lowest BCUT2D eigenvalue weighted by atomic mass is 9.88. The van der Waals surface area contributed by atoms with Crippen molar-refractivity contribution in [1.82, 2.24) is 0 Å². The molecule has 0 fully saturated rings. The minimum atomic E-state index is -0.347. The summed E-state index contributed by atoms with van der Waals surface area (Å²) < 4.78 is 11.9. The number of hydrogen-bond acceptors (Lipinski definition) is 1. The summed E-state index contributed by atoms with van der Waals surface area (Å²) in [5.41, 5.74) is 5.09. The van der Waals surface area contributed by atoms with Crippen LogP contribution >= 0.6 is 12.4 Å². The van der Waals surface area contributed by atoms with Gasteiger partial charge in [0.15, 0.2) is 0 Å². The average Bonchev–Trinajstić information content (AvgIpc) is 1.67. The Bertz CT molecular complexity index is 73.5. The SMILES string of the molecule is C[C@H](N)C(C)(C)CF.Cl. The highest BCUT2D eigenvalue weighted by molar-refractivity contribution is 5.85. The summed E-state index contributed by atoms with van der Waals surface area (Å²) in [6.45, 7) is 5.11. The first-order valence-electron chi connectivity index (χ1n) is 2.82. The fourth-order valence-electron chi connectivity index (χ4n) is 0.122. The van der Waals surface area contributed by atoms with Crippen LogP contribution in [0, 0.1) is 5.41 Å². The minimum absolute atomic E-state index is 0. The molecule has 3 heteroatoms. The van der Waals surface area contributed by atoms with Gasteiger partial charge in [-0.3, -0.25) is 4.39 Å². The molecule has 0 unspecified atom stereocenters. The van der Waals surface area contributed by atoms with Gasteiger partial charge in [-0.1, -0.05) is 13.8 Å². The standard InChI is InChI=1S/C6H14FN.ClH/c1-5(8)6(2,3)4-7;/h5H,4,8H2,1-3H3;1H/t5-;/m0./s1. The maximum absolute atomic E-state index is 11.9. The van der Waals surface area contributed by atoms with Gasteiger partial charge in [-0.25, -0.2) is 0 Å². The Morgan fingerprint density at radius 2 is 1.89 bits per heavy atom. The van der Waals surface area contributed by atoms with Gasteiger partial charge in [0.2, 0.25) is 0 Å². The second-order valence-electron chi connectivity index (χ2n) is 2.91. The molecule has 0 aliphatic heterocycles. The highest BCUT2D eigenvalue weighted by Gasteiger charge is 2.21. The molecule has 0 aromatic heterocycles. The van der Waals surface area contributed by atoms with E-state index < -0.39 is 0 Å². The summed E-state index contributed by atoms with van der Waals surface area (Å²) in [5, 5.41) is 0. The van der Waals surface area contributed by atoms with Crippen LogP contribution in [0.2, 0.25) is 0 Å². The molecule has 0 aliphatic rings. The molecule has 2 N–H and O–H groups in total. The zero-order valence-corrected chi connectivity index (χ0v) is 6.96. The van der Waals surface area contributed by atoms with Crippen molar-refractivity contribution >= 4 is 12.4 Å². The Hall–Kier alpha value is 0.180.